The molecule has 8 nitrogen and oxygen atoms in total. The molecule has 0 radical (unpaired) electrons. The van der Waals surface area contributed by atoms with Crippen LogP contribution in [0.4, 0.5) is 0 Å². The summed E-state index contributed by atoms with van der Waals surface area (Å²) in [6, 6.07) is 0. The zero-order valence-electron chi connectivity index (χ0n) is 23.5. The van der Waals surface area contributed by atoms with Crippen LogP contribution >= 0.6 is 0 Å². The maximum Gasteiger partial charge on any atom is 1.00 e. The standard InChI is InChI=1S/C27H48O8S.Na/c1-15(2)7-6-8-16(3)21-24(35-36(32,33)34)23(30)22-18-13-20(29)27(31)14-17(28)9-12-26(27,5)19(18)10-11-25(21,22)4;/h15-24,28-31H,6-14H2,1-5H3,(H,32,33,34);/q;+1/p-1/t16-,17+,18-,19+,20-,21+,22-,23-,24-,25-,26-,27+;/m1./s1. The molecule has 0 heterocycles. The van der Waals surface area contributed by atoms with Crippen LogP contribution in [-0.2, 0) is 14.6 Å². The first kappa shape index (κ1) is 32.2. The molecule has 210 valence electrons. The Balaban J connectivity index is 0.00000380. The summed E-state index contributed by atoms with van der Waals surface area (Å²) in [6.45, 7) is 10.5. The topological polar surface area (TPSA) is 147 Å². The number of rotatable bonds is 7. The predicted octanol–water partition coefficient (Wildman–Crippen LogP) is -0.0156. The molecular formula is C27H47NaO8S. The molecule has 4 saturated carbocycles. The third-order valence-corrected chi connectivity index (χ3v) is 11.7. The van der Waals surface area contributed by atoms with E-state index in [0.717, 1.165) is 32.1 Å². The van der Waals surface area contributed by atoms with E-state index in [1.54, 1.807) is 0 Å². The van der Waals surface area contributed by atoms with Crippen LogP contribution in [0.1, 0.15) is 92.4 Å². The van der Waals surface area contributed by atoms with Gasteiger partial charge in [0.15, 0.2) is 0 Å². The summed E-state index contributed by atoms with van der Waals surface area (Å²) < 4.78 is 40.4. The first-order chi connectivity index (χ1) is 16.5. The number of hydrogen-bond acceptors (Lipinski definition) is 8. The molecular weight excluding hydrogens is 507 g/mol. The van der Waals surface area contributed by atoms with Crippen molar-refractivity contribution < 1.29 is 67.1 Å². The first-order valence-corrected chi connectivity index (χ1v) is 15.3. The Labute approximate surface area is 245 Å². The van der Waals surface area contributed by atoms with E-state index in [1.807, 2.05) is 6.92 Å². The predicted molar refractivity (Wildman–Crippen MR) is 133 cm³/mol. The van der Waals surface area contributed by atoms with Gasteiger partial charge in [0.1, 0.15) is 6.10 Å². The molecule has 0 aromatic rings. The van der Waals surface area contributed by atoms with Crippen molar-refractivity contribution in [3.05, 3.63) is 0 Å². The summed E-state index contributed by atoms with van der Waals surface area (Å²) in [7, 11) is -5.02. The number of fused-ring (bicyclic) bond motifs is 5. The van der Waals surface area contributed by atoms with E-state index >= 15 is 0 Å². The van der Waals surface area contributed by atoms with E-state index in [9.17, 15) is 33.4 Å². The normalized spacial score (nSPS) is 48.5. The molecule has 10 heteroatoms. The maximum absolute atomic E-state index is 11.8. The number of aliphatic hydroxyl groups is 4. The van der Waals surface area contributed by atoms with Gasteiger partial charge in [-0.1, -0.05) is 53.9 Å². The second-order valence-electron chi connectivity index (χ2n) is 13.6. The molecule has 4 N–H and O–H groups in total. The monoisotopic (exact) mass is 554 g/mol. The molecule has 4 aliphatic carbocycles. The van der Waals surface area contributed by atoms with E-state index in [0.29, 0.717) is 18.8 Å². The summed E-state index contributed by atoms with van der Waals surface area (Å²) >= 11 is 0. The van der Waals surface area contributed by atoms with Gasteiger partial charge in [0.2, 0.25) is 10.4 Å². The van der Waals surface area contributed by atoms with Crippen LogP contribution in [0.15, 0.2) is 0 Å². The van der Waals surface area contributed by atoms with Crippen LogP contribution in [-0.4, -0.2) is 63.4 Å². The Morgan fingerprint density at radius 3 is 2.30 bits per heavy atom. The largest absolute Gasteiger partial charge is 1.00 e. The van der Waals surface area contributed by atoms with Gasteiger partial charge in [-0.15, -0.1) is 0 Å². The van der Waals surface area contributed by atoms with Gasteiger partial charge in [-0.25, -0.2) is 8.42 Å². The Bertz CT molecular complexity index is 916. The fraction of sp³-hybridized carbons (Fsp3) is 1.00. The van der Waals surface area contributed by atoms with Crippen LogP contribution in [0.25, 0.3) is 0 Å². The molecule has 0 saturated heterocycles. The van der Waals surface area contributed by atoms with Crippen LogP contribution < -0.4 is 29.6 Å². The van der Waals surface area contributed by atoms with Crippen molar-refractivity contribution in [3.63, 3.8) is 0 Å². The molecule has 4 fully saturated rings. The average Bonchev–Trinajstić information content (AvgIpc) is 2.95. The van der Waals surface area contributed by atoms with Crippen molar-refractivity contribution in [3.8, 4) is 0 Å². The van der Waals surface area contributed by atoms with E-state index in [2.05, 4.69) is 27.7 Å². The fourth-order valence-electron chi connectivity index (χ4n) is 9.62. The van der Waals surface area contributed by atoms with Gasteiger partial charge in [0, 0.05) is 11.8 Å². The van der Waals surface area contributed by atoms with Crippen molar-refractivity contribution in [1.82, 2.24) is 0 Å². The summed E-state index contributed by atoms with van der Waals surface area (Å²) in [5.41, 5.74) is -2.49. The second-order valence-corrected chi connectivity index (χ2v) is 14.6. The Morgan fingerprint density at radius 2 is 1.70 bits per heavy atom. The van der Waals surface area contributed by atoms with Gasteiger partial charge in [-0.2, -0.15) is 0 Å². The van der Waals surface area contributed by atoms with E-state index in [4.69, 9.17) is 4.18 Å². The van der Waals surface area contributed by atoms with E-state index < -0.39 is 51.2 Å². The quantitative estimate of drug-likeness (QED) is 0.195. The fourth-order valence-corrected chi connectivity index (χ4v) is 10.1. The van der Waals surface area contributed by atoms with Crippen molar-refractivity contribution in [2.24, 2.45) is 46.3 Å². The number of hydrogen-bond donors (Lipinski definition) is 4. The summed E-state index contributed by atoms with van der Waals surface area (Å²) in [4.78, 5) is 0. The van der Waals surface area contributed by atoms with Crippen molar-refractivity contribution in [2.75, 3.05) is 0 Å². The molecule has 0 aliphatic heterocycles. The smallest absolute Gasteiger partial charge is 0.726 e. The van der Waals surface area contributed by atoms with Gasteiger partial charge >= 0.3 is 29.6 Å². The minimum Gasteiger partial charge on any atom is -0.726 e. The third-order valence-electron chi connectivity index (χ3n) is 11.2. The second kappa shape index (κ2) is 11.2. The average molecular weight is 555 g/mol. The minimum atomic E-state index is -5.02. The van der Waals surface area contributed by atoms with E-state index in [-0.39, 0.29) is 72.0 Å². The maximum atomic E-state index is 11.8. The van der Waals surface area contributed by atoms with Crippen LogP contribution in [0.3, 0.4) is 0 Å². The van der Waals surface area contributed by atoms with Crippen LogP contribution in [0, 0.1) is 46.3 Å². The molecule has 0 bridgehead atoms. The molecule has 0 aromatic heterocycles. The zero-order chi connectivity index (χ0) is 26.8. The summed E-state index contributed by atoms with van der Waals surface area (Å²) in [5.74, 6) is -0.219. The van der Waals surface area contributed by atoms with Gasteiger partial charge in [0.25, 0.3) is 0 Å². The molecule has 0 spiro atoms. The molecule has 0 amide bonds. The Kier molecular flexibility index (Phi) is 9.74. The van der Waals surface area contributed by atoms with Crippen LogP contribution in [0.5, 0.6) is 0 Å². The van der Waals surface area contributed by atoms with Gasteiger partial charge in [-0.05, 0) is 73.0 Å². The molecule has 4 rings (SSSR count). The minimum absolute atomic E-state index is 0. The third kappa shape index (κ3) is 5.50. The summed E-state index contributed by atoms with van der Waals surface area (Å²) in [6.07, 6.45) is 1.91. The molecule has 37 heavy (non-hydrogen) atoms. The Hall–Kier alpha value is 0.710. The Morgan fingerprint density at radius 1 is 1.05 bits per heavy atom. The SMILES string of the molecule is CC(C)CCC[C@@H](C)[C@H]1[C@@H](OS(=O)(=O)[O-])[C@H](O)[C@H]2[C@@H]3C[C@@H](O)[C@@]4(O)C[C@@H](O)CC[C@]4(C)[C@H]3CC[C@]12C.[Na+]. The molecule has 4 aliphatic rings. The zero-order valence-corrected chi connectivity index (χ0v) is 26.3. The van der Waals surface area contributed by atoms with Crippen molar-refractivity contribution in [1.29, 1.82) is 0 Å². The first-order valence-electron chi connectivity index (χ1n) is 14.0. The van der Waals surface area contributed by atoms with Crippen LogP contribution in [0.2, 0.25) is 0 Å². The van der Waals surface area contributed by atoms with Gasteiger partial charge in [-0.3, -0.25) is 4.18 Å². The molecule has 12 atom stereocenters. The summed E-state index contributed by atoms with van der Waals surface area (Å²) in [5, 5.41) is 44.9. The van der Waals surface area contributed by atoms with Gasteiger partial charge < -0.3 is 25.0 Å². The van der Waals surface area contributed by atoms with Crippen molar-refractivity contribution in [2.45, 2.75) is 122 Å². The molecule has 0 aromatic carbocycles. The van der Waals surface area contributed by atoms with Crippen molar-refractivity contribution >= 4 is 10.4 Å². The van der Waals surface area contributed by atoms with E-state index in [1.165, 1.54) is 0 Å². The van der Waals surface area contributed by atoms with Gasteiger partial charge in [0.05, 0.1) is 23.9 Å². The number of aliphatic hydroxyl groups excluding tert-OH is 3. The molecule has 0 unspecified atom stereocenters.